The summed E-state index contributed by atoms with van der Waals surface area (Å²) in [5.41, 5.74) is 0.324. The Morgan fingerprint density at radius 2 is 1.98 bits per heavy atom. The number of aliphatic carboxylic acids is 1. The average molecular weight is 715 g/mol. The van der Waals surface area contributed by atoms with Crippen LogP contribution < -0.4 is 26.9 Å². The molecule has 0 aliphatic carbocycles. The molecule has 4 heterocycles. The zero-order valence-corrected chi connectivity index (χ0v) is 26.2. The highest BCUT2D eigenvalue weighted by Gasteiger charge is 2.44. The molecule has 1 saturated heterocycles. The molecule has 2 atom stereocenters. The monoisotopic (exact) mass is 714 g/mol. The lowest BCUT2D eigenvalue weighted by Crippen LogP contribution is -2.68. The second-order valence-corrected chi connectivity index (χ2v) is 12.7. The first kappa shape index (κ1) is 35.2. The Morgan fingerprint density at radius 3 is 2.54 bits per heavy atom. The number of aromatic amines is 1. The Bertz CT molecular complexity index is 2050. The predicted molar refractivity (Wildman–Crippen MR) is 160 cm³/mol. The van der Waals surface area contributed by atoms with Crippen molar-refractivity contribution < 1.29 is 52.9 Å². The van der Waals surface area contributed by atoms with Crippen molar-refractivity contribution in [3.8, 4) is 17.3 Å². The van der Waals surface area contributed by atoms with Gasteiger partial charge < -0.3 is 41.3 Å². The maximum atomic E-state index is 13.0. The third-order valence-corrected chi connectivity index (χ3v) is 8.16. The Morgan fingerprint density at radius 1 is 1.29 bits per heavy atom. The summed E-state index contributed by atoms with van der Waals surface area (Å²) >= 11 is 0.913. The van der Waals surface area contributed by atoms with Gasteiger partial charge in [0.15, 0.2) is 22.4 Å². The number of aliphatic hydroxyl groups excluding tert-OH is 2. The molecule has 0 unspecified atom stereocenters. The summed E-state index contributed by atoms with van der Waals surface area (Å²) in [6.07, 6.45) is -0.778. The molecule has 3 aromatic rings. The number of rotatable bonds is 12. The summed E-state index contributed by atoms with van der Waals surface area (Å²) in [6.45, 7) is 0.137. The third-order valence-electron chi connectivity index (χ3n) is 6.36. The fraction of sp³-hybridized carbons (Fsp3) is 0.348. The molecule has 4 rings (SSSR count). The number of carboxylic acid groups (broad SMARTS) is 1. The number of β-lactam (4-membered cyclic amide) rings is 1. The number of nitrogens with two attached hydrogens (primary N) is 1. The maximum Gasteiger partial charge on any atom is 0.362 e. The molecule has 25 heteroatoms. The van der Waals surface area contributed by atoms with Gasteiger partial charge in [-0.3, -0.25) is 23.9 Å². The number of hydrogen-bond donors (Lipinski definition) is 8. The van der Waals surface area contributed by atoms with Gasteiger partial charge in [-0.25, -0.2) is 24.1 Å². The van der Waals surface area contributed by atoms with Crippen LogP contribution in [-0.2, 0) is 36.0 Å². The second kappa shape index (κ2) is 13.2. The number of urea groups is 1. The molecule has 4 amide bonds. The highest BCUT2D eigenvalue weighted by Crippen LogP contribution is 2.18. The number of aromatic nitrogens is 5. The molecule has 0 spiro atoms. The lowest BCUT2D eigenvalue weighted by Gasteiger charge is -2.36. The van der Waals surface area contributed by atoms with Crippen LogP contribution in [0.2, 0.25) is 0 Å². The smallest absolute Gasteiger partial charge is 0.362 e. The van der Waals surface area contributed by atoms with Crippen LogP contribution in [0.25, 0.3) is 11.5 Å². The number of nitrogen functional groups attached to an aromatic ring is 1. The Balaban J connectivity index is 1.52. The van der Waals surface area contributed by atoms with Crippen LogP contribution in [0.4, 0.5) is 9.93 Å². The molecule has 1 aliphatic rings. The molecule has 3 aromatic heterocycles. The van der Waals surface area contributed by atoms with Crippen LogP contribution in [0.3, 0.4) is 0 Å². The molecule has 23 nitrogen and oxygen atoms in total. The van der Waals surface area contributed by atoms with Crippen LogP contribution in [-0.4, -0.2) is 118 Å². The Kier molecular flexibility index (Phi) is 9.69. The number of anilines is 1. The molecule has 0 bridgehead atoms. The van der Waals surface area contributed by atoms with E-state index in [2.05, 4.69) is 25.5 Å². The van der Waals surface area contributed by atoms with E-state index < -0.39 is 99.9 Å². The van der Waals surface area contributed by atoms with Gasteiger partial charge >= 0.3 is 27.9 Å². The van der Waals surface area contributed by atoms with Crippen molar-refractivity contribution in [2.45, 2.75) is 38.1 Å². The van der Waals surface area contributed by atoms with E-state index in [4.69, 9.17) is 10.6 Å². The summed E-state index contributed by atoms with van der Waals surface area (Å²) < 4.78 is 27.9. The quantitative estimate of drug-likeness (QED) is 0.0502. The SMILES string of the molecule is CC(C)(ON=C(C(=O)N[C@H]1CN(C(=O)NS(=O)(=O)n2nc(-c3cc(=O)c(O)c[nH]3)n(C[C@H](O)CO)c2=O)C1=O)c1csc(N)n1)C(=O)O. The van der Waals surface area contributed by atoms with E-state index in [-0.39, 0.29) is 20.6 Å². The Hall–Kier alpha value is -5.66. The highest BCUT2D eigenvalue weighted by atomic mass is 32.2. The minimum absolute atomic E-state index is 0.0174. The molecule has 48 heavy (non-hydrogen) atoms. The number of hydrogen-bond acceptors (Lipinski definition) is 17. The summed E-state index contributed by atoms with van der Waals surface area (Å²) in [6, 6.07) is -2.20. The number of nitrogens with zero attached hydrogens (tertiary/aromatic N) is 6. The number of thiazole rings is 1. The Labute approximate surface area is 271 Å². The van der Waals surface area contributed by atoms with Crippen LogP contribution in [0.5, 0.6) is 5.75 Å². The van der Waals surface area contributed by atoms with E-state index in [1.807, 2.05) is 0 Å². The average Bonchev–Trinajstić information content (AvgIpc) is 3.58. The van der Waals surface area contributed by atoms with Gasteiger partial charge in [0.25, 0.3) is 11.8 Å². The number of H-pyrrole nitrogens is 1. The van der Waals surface area contributed by atoms with E-state index in [0.29, 0.717) is 9.47 Å². The van der Waals surface area contributed by atoms with Crippen molar-refractivity contribution in [1.29, 1.82) is 0 Å². The molecular formula is C23H26N10O13S2. The van der Waals surface area contributed by atoms with Crippen molar-refractivity contribution in [3.05, 3.63) is 44.0 Å². The van der Waals surface area contributed by atoms with Gasteiger partial charge in [0.05, 0.1) is 31.5 Å². The molecule has 258 valence electrons. The number of amides is 4. The summed E-state index contributed by atoms with van der Waals surface area (Å²) in [5.74, 6) is -4.89. The number of oxime groups is 1. The van der Waals surface area contributed by atoms with Gasteiger partial charge in [0, 0.05) is 17.6 Å². The number of likely N-dealkylation sites (tertiary alicyclic amines) is 1. The van der Waals surface area contributed by atoms with Crippen molar-refractivity contribution in [1.82, 2.24) is 38.7 Å². The summed E-state index contributed by atoms with van der Waals surface area (Å²) in [4.78, 5) is 86.4. The van der Waals surface area contributed by atoms with Gasteiger partial charge in [-0.1, -0.05) is 9.24 Å². The number of carbonyl (C=O) groups is 4. The first-order valence-electron chi connectivity index (χ1n) is 13.2. The van der Waals surface area contributed by atoms with Crippen LogP contribution in [0.1, 0.15) is 19.5 Å². The van der Waals surface area contributed by atoms with Crippen LogP contribution in [0, 0.1) is 0 Å². The standard InChI is InChI=1S/C23H26N10O13S2/c1-23(2,19(40)41)46-29-15(12-8-47-20(24)27-12)17(38)26-11-6-32(18(11)39)21(42)30-48(44,45)33-22(43)31(5-9(35)7-34)16(28-33)10-3-13(36)14(37)4-25-10/h3-4,8-9,11,34-35,37H,5-7H2,1-2H3,(H2,24,27)(H,25,36)(H,26,38)(H,30,42)(H,40,41)/t9-,11-/m0/s1. The maximum absolute atomic E-state index is 13.0. The fourth-order valence-electron chi connectivity index (χ4n) is 3.71. The molecule has 0 aromatic carbocycles. The summed E-state index contributed by atoms with van der Waals surface area (Å²) in [5, 5.41) is 48.6. The topological polar surface area (TPSA) is 344 Å². The number of pyridine rings is 1. The van der Waals surface area contributed by atoms with E-state index in [9.17, 15) is 57.6 Å². The third kappa shape index (κ3) is 7.17. The number of imide groups is 1. The molecule has 1 fully saturated rings. The number of carbonyl (C=O) groups excluding carboxylic acids is 3. The van der Waals surface area contributed by atoms with Gasteiger partial charge in [-0.15, -0.1) is 16.4 Å². The molecular weight excluding hydrogens is 688 g/mol. The molecule has 1 aliphatic heterocycles. The van der Waals surface area contributed by atoms with Crippen molar-refractivity contribution >= 4 is 56.2 Å². The number of aliphatic hydroxyl groups is 2. The van der Waals surface area contributed by atoms with Crippen molar-refractivity contribution in [3.63, 3.8) is 0 Å². The van der Waals surface area contributed by atoms with E-state index in [1.54, 1.807) is 0 Å². The number of carboxylic acids is 1. The fourth-order valence-corrected chi connectivity index (χ4v) is 5.16. The minimum Gasteiger partial charge on any atom is -0.503 e. The van der Waals surface area contributed by atoms with Gasteiger partial charge in [-0.05, 0) is 13.8 Å². The highest BCUT2D eigenvalue weighted by molar-refractivity contribution is 7.88. The summed E-state index contributed by atoms with van der Waals surface area (Å²) in [7, 11) is -5.22. The lowest BCUT2D eigenvalue weighted by atomic mass is 10.1. The van der Waals surface area contributed by atoms with Gasteiger partial charge in [0.1, 0.15) is 11.7 Å². The lowest BCUT2D eigenvalue weighted by molar-refractivity contribution is -0.161. The largest absolute Gasteiger partial charge is 0.503 e. The van der Waals surface area contributed by atoms with Crippen LogP contribution >= 0.6 is 11.3 Å². The van der Waals surface area contributed by atoms with Crippen molar-refractivity contribution in [2.24, 2.45) is 5.16 Å². The molecule has 0 radical (unpaired) electrons. The van der Waals surface area contributed by atoms with Crippen LogP contribution in [0.15, 0.2) is 32.4 Å². The van der Waals surface area contributed by atoms with Gasteiger partial charge in [0.2, 0.25) is 11.0 Å². The zero-order valence-electron chi connectivity index (χ0n) is 24.5. The molecule has 9 N–H and O–H groups in total. The zero-order chi connectivity index (χ0) is 35.7. The second-order valence-electron chi connectivity index (χ2n) is 10.3. The first-order chi connectivity index (χ1) is 22.4. The molecule has 0 saturated carbocycles. The first-order valence-corrected chi connectivity index (χ1v) is 15.5. The van der Waals surface area contributed by atoms with Crippen molar-refractivity contribution in [2.75, 3.05) is 18.9 Å². The minimum atomic E-state index is -5.22. The predicted octanol–water partition coefficient (Wildman–Crippen LogP) is -4.09. The van der Waals surface area contributed by atoms with E-state index >= 15 is 0 Å². The number of aromatic hydroxyl groups is 1. The normalized spacial score (nSPS) is 15.8. The number of nitrogens with one attached hydrogen (secondary N) is 3. The van der Waals surface area contributed by atoms with Gasteiger partial charge in [-0.2, -0.15) is 8.42 Å². The van der Waals surface area contributed by atoms with E-state index in [1.165, 1.54) is 10.1 Å². The van der Waals surface area contributed by atoms with E-state index in [0.717, 1.165) is 37.4 Å².